The van der Waals surface area contributed by atoms with Crippen LogP contribution in [0.2, 0.25) is 0 Å². The number of H-pyrrole nitrogens is 1. The number of hydrogen-bond donors (Lipinski definition) is 3. The molecule has 5 rings (SSSR count). The second-order valence-corrected chi connectivity index (χ2v) is 7.64. The van der Waals surface area contributed by atoms with E-state index in [1.165, 1.54) is 5.57 Å². The molecule has 3 unspecified atom stereocenters. The molecule has 0 bridgehead atoms. The number of nitrogens with one attached hydrogen (secondary N) is 3. The number of allylic oxidation sites excluding steroid dienone is 2. The molecule has 1 aromatic carbocycles. The van der Waals surface area contributed by atoms with E-state index < -0.39 is 0 Å². The number of nitrogens with zero attached hydrogens (tertiary/aromatic N) is 2. The first-order valence-corrected chi connectivity index (χ1v) is 9.97. The number of pyridine rings is 1. The highest BCUT2D eigenvalue weighted by Crippen LogP contribution is 2.48. The molecule has 0 saturated carbocycles. The van der Waals surface area contributed by atoms with Crippen LogP contribution in [-0.4, -0.2) is 28.8 Å². The molecule has 29 heavy (non-hydrogen) atoms. The zero-order valence-electron chi connectivity index (χ0n) is 16.2. The number of likely N-dealkylation sites (N-methyl/N-ethyl adjacent to an activating group) is 1. The normalized spacial score (nSPS) is 22.9. The SMILES string of the molecule is CNCC1=CC(C2c3n[nH]c(=O)c4cccc(c34)NC2c2ccccn2)CC=C1. The summed E-state index contributed by atoms with van der Waals surface area (Å²) in [5, 5.41) is 15.8. The third kappa shape index (κ3) is 3.06. The maximum Gasteiger partial charge on any atom is 0.272 e. The van der Waals surface area contributed by atoms with Gasteiger partial charge in [0.2, 0.25) is 0 Å². The van der Waals surface area contributed by atoms with Crippen molar-refractivity contribution in [3.05, 3.63) is 88.1 Å². The van der Waals surface area contributed by atoms with E-state index in [1.54, 1.807) is 0 Å². The lowest BCUT2D eigenvalue weighted by atomic mass is 9.74. The van der Waals surface area contributed by atoms with E-state index in [9.17, 15) is 4.79 Å². The summed E-state index contributed by atoms with van der Waals surface area (Å²) in [6, 6.07) is 11.8. The Morgan fingerprint density at radius 1 is 1.21 bits per heavy atom. The Kier molecular flexibility index (Phi) is 4.48. The molecule has 3 heterocycles. The average Bonchev–Trinajstić information content (AvgIpc) is 2.77. The van der Waals surface area contributed by atoms with Crippen LogP contribution in [-0.2, 0) is 0 Å². The van der Waals surface area contributed by atoms with Gasteiger partial charge in [0.05, 0.1) is 22.8 Å². The first-order chi connectivity index (χ1) is 14.3. The van der Waals surface area contributed by atoms with E-state index in [2.05, 4.69) is 50.1 Å². The van der Waals surface area contributed by atoms with Crippen molar-refractivity contribution in [1.29, 1.82) is 0 Å². The van der Waals surface area contributed by atoms with Crippen LogP contribution in [0.5, 0.6) is 0 Å². The summed E-state index contributed by atoms with van der Waals surface area (Å²) in [6.07, 6.45) is 9.51. The van der Waals surface area contributed by atoms with Crippen molar-refractivity contribution in [1.82, 2.24) is 20.5 Å². The molecular formula is C23H23N5O. The Morgan fingerprint density at radius 2 is 2.14 bits per heavy atom. The summed E-state index contributed by atoms with van der Waals surface area (Å²) in [4.78, 5) is 17.0. The van der Waals surface area contributed by atoms with Crippen LogP contribution in [0.25, 0.3) is 10.8 Å². The lowest BCUT2D eigenvalue weighted by molar-refractivity contribution is 0.430. The molecule has 3 N–H and O–H groups in total. The minimum atomic E-state index is -0.155. The van der Waals surface area contributed by atoms with Crippen molar-refractivity contribution < 1.29 is 0 Å². The summed E-state index contributed by atoms with van der Waals surface area (Å²) < 4.78 is 0. The summed E-state index contributed by atoms with van der Waals surface area (Å²) >= 11 is 0. The molecule has 6 heteroatoms. The predicted octanol–water partition coefficient (Wildman–Crippen LogP) is 3.29. The van der Waals surface area contributed by atoms with Crippen LogP contribution in [0.3, 0.4) is 0 Å². The van der Waals surface area contributed by atoms with Gasteiger partial charge in [-0.3, -0.25) is 9.78 Å². The Morgan fingerprint density at radius 3 is 2.97 bits per heavy atom. The fourth-order valence-corrected chi connectivity index (χ4v) is 4.64. The molecule has 0 amide bonds. The fourth-order valence-electron chi connectivity index (χ4n) is 4.64. The van der Waals surface area contributed by atoms with Gasteiger partial charge < -0.3 is 10.6 Å². The summed E-state index contributed by atoms with van der Waals surface area (Å²) in [5.41, 5.74) is 3.96. The molecular weight excluding hydrogens is 362 g/mol. The minimum absolute atomic E-state index is 0.0312. The highest BCUT2D eigenvalue weighted by atomic mass is 16.1. The molecule has 0 spiro atoms. The van der Waals surface area contributed by atoms with E-state index in [4.69, 9.17) is 0 Å². The summed E-state index contributed by atoms with van der Waals surface area (Å²) in [7, 11) is 1.96. The molecule has 2 aromatic heterocycles. The first kappa shape index (κ1) is 17.8. The molecule has 3 atom stereocenters. The van der Waals surface area contributed by atoms with Crippen LogP contribution in [0.4, 0.5) is 5.69 Å². The number of aromatic nitrogens is 3. The molecule has 1 aliphatic heterocycles. The zero-order chi connectivity index (χ0) is 19.8. The first-order valence-electron chi connectivity index (χ1n) is 9.97. The zero-order valence-corrected chi connectivity index (χ0v) is 16.2. The van der Waals surface area contributed by atoms with Crippen molar-refractivity contribution in [2.75, 3.05) is 18.9 Å². The quantitative estimate of drug-likeness (QED) is 0.642. The van der Waals surface area contributed by atoms with Gasteiger partial charge in [-0.1, -0.05) is 30.4 Å². The molecule has 1 aliphatic carbocycles. The van der Waals surface area contributed by atoms with Gasteiger partial charge in [-0.15, -0.1) is 0 Å². The molecule has 2 aliphatic rings. The third-order valence-electron chi connectivity index (χ3n) is 5.85. The summed E-state index contributed by atoms with van der Waals surface area (Å²) in [6.45, 7) is 0.826. The van der Waals surface area contributed by atoms with Gasteiger partial charge in [-0.05, 0) is 49.2 Å². The number of hydrogen-bond acceptors (Lipinski definition) is 5. The van der Waals surface area contributed by atoms with E-state index in [1.807, 2.05) is 43.6 Å². The monoisotopic (exact) mass is 385 g/mol. The van der Waals surface area contributed by atoms with Crippen LogP contribution >= 0.6 is 0 Å². The smallest absolute Gasteiger partial charge is 0.272 e. The van der Waals surface area contributed by atoms with Crippen molar-refractivity contribution in [2.24, 2.45) is 5.92 Å². The Bertz CT molecular complexity index is 1160. The minimum Gasteiger partial charge on any atom is -0.375 e. The maximum absolute atomic E-state index is 12.4. The van der Waals surface area contributed by atoms with Crippen LogP contribution < -0.4 is 16.2 Å². The third-order valence-corrected chi connectivity index (χ3v) is 5.85. The standard InChI is InChI=1S/C23H23N5O/c1-24-13-14-6-4-7-15(12-14)19-21(18-9-2-3-11-25-18)26-17-10-5-8-16-20(17)22(19)27-28-23(16)29/h2-6,8-12,15,19,21,24,26H,7,13H2,1H3,(H,28,29). The molecule has 146 valence electrons. The second-order valence-electron chi connectivity index (χ2n) is 7.64. The Labute approximate surface area is 168 Å². The average molecular weight is 385 g/mol. The highest BCUT2D eigenvalue weighted by Gasteiger charge is 2.38. The van der Waals surface area contributed by atoms with E-state index >= 15 is 0 Å². The van der Waals surface area contributed by atoms with Gasteiger partial charge in [-0.2, -0.15) is 5.10 Å². The topological polar surface area (TPSA) is 82.7 Å². The van der Waals surface area contributed by atoms with Gasteiger partial charge in [0, 0.05) is 29.7 Å². The fraction of sp³-hybridized carbons (Fsp3) is 0.261. The lowest BCUT2D eigenvalue weighted by Crippen LogP contribution is -2.32. The molecule has 0 saturated heterocycles. The number of benzene rings is 1. The Hall–Kier alpha value is -3.25. The van der Waals surface area contributed by atoms with Gasteiger partial charge in [0.25, 0.3) is 5.56 Å². The maximum atomic E-state index is 12.4. The highest BCUT2D eigenvalue weighted by molar-refractivity contribution is 5.96. The summed E-state index contributed by atoms with van der Waals surface area (Å²) in [5.74, 6) is 0.300. The van der Waals surface area contributed by atoms with Gasteiger partial charge >= 0.3 is 0 Å². The van der Waals surface area contributed by atoms with Crippen LogP contribution in [0.15, 0.2) is 71.2 Å². The number of anilines is 1. The van der Waals surface area contributed by atoms with E-state index in [-0.39, 0.29) is 23.4 Å². The van der Waals surface area contributed by atoms with Crippen LogP contribution in [0.1, 0.15) is 29.8 Å². The largest absolute Gasteiger partial charge is 0.375 e. The Balaban J connectivity index is 1.71. The molecule has 6 nitrogen and oxygen atoms in total. The van der Waals surface area contributed by atoms with Crippen LogP contribution in [0, 0.1) is 5.92 Å². The van der Waals surface area contributed by atoms with E-state index in [0.717, 1.165) is 35.4 Å². The van der Waals surface area contributed by atoms with Crippen molar-refractivity contribution in [3.8, 4) is 0 Å². The predicted molar refractivity (Wildman–Crippen MR) is 115 cm³/mol. The molecule has 0 fully saturated rings. The van der Waals surface area contributed by atoms with Crippen molar-refractivity contribution in [3.63, 3.8) is 0 Å². The van der Waals surface area contributed by atoms with Crippen molar-refractivity contribution >= 4 is 16.5 Å². The lowest BCUT2D eigenvalue weighted by Gasteiger charge is -2.38. The van der Waals surface area contributed by atoms with Gasteiger partial charge in [0.1, 0.15) is 0 Å². The van der Waals surface area contributed by atoms with Gasteiger partial charge in [0.15, 0.2) is 0 Å². The number of aromatic amines is 1. The molecule has 0 radical (unpaired) electrons. The van der Waals surface area contributed by atoms with Crippen molar-refractivity contribution in [2.45, 2.75) is 18.4 Å². The number of rotatable bonds is 4. The second kappa shape index (κ2) is 7.29. The van der Waals surface area contributed by atoms with E-state index in [0.29, 0.717) is 5.39 Å². The van der Waals surface area contributed by atoms with Gasteiger partial charge in [-0.25, -0.2) is 5.10 Å². The molecule has 3 aromatic rings.